The SMILES string of the molecule is C[C@H]1CN(C(=O)c2ccc3ccc(Cl)cc3n2)CCN1. The lowest BCUT2D eigenvalue weighted by Crippen LogP contribution is -2.51. The van der Waals surface area contributed by atoms with Gasteiger partial charge in [-0.3, -0.25) is 4.79 Å². The Bertz CT molecular complexity index is 659. The molecule has 0 unspecified atom stereocenters. The number of carbonyl (C=O) groups excluding carboxylic acids is 1. The number of amides is 1. The van der Waals surface area contributed by atoms with Gasteiger partial charge in [-0.2, -0.15) is 0 Å². The zero-order chi connectivity index (χ0) is 14.1. The van der Waals surface area contributed by atoms with Crippen molar-refractivity contribution in [2.24, 2.45) is 0 Å². The van der Waals surface area contributed by atoms with Crippen LogP contribution in [0.15, 0.2) is 30.3 Å². The van der Waals surface area contributed by atoms with Gasteiger partial charge in [-0.05, 0) is 25.1 Å². The van der Waals surface area contributed by atoms with Crippen LogP contribution in [-0.4, -0.2) is 41.5 Å². The van der Waals surface area contributed by atoms with Crippen molar-refractivity contribution < 1.29 is 4.79 Å². The molecule has 0 saturated carbocycles. The van der Waals surface area contributed by atoms with Gasteiger partial charge in [-0.1, -0.05) is 23.7 Å². The summed E-state index contributed by atoms with van der Waals surface area (Å²) >= 11 is 5.97. The lowest BCUT2D eigenvalue weighted by molar-refractivity contribution is 0.0703. The number of carbonyl (C=O) groups is 1. The Balaban J connectivity index is 1.91. The van der Waals surface area contributed by atoms with Crippen LogP contribution in [0.5, 0.6) is 0 Å². The minimum atomic E-state index is -0.0137. The maximum atomic E-state index is 12.5. The summed E-state index contributed by atoms with van der Waals surface area (Å²) in [6.07, 6.45) is 0. The lowest BCUT2D eigenvalue weighted by Gasteiger charge is -2.31. The first-order valence-corrected chi connectivity index (χ1v) is 7.10. The Morgan fingerprint density at radius 2 is 2.20 bits per heavy atom. The van der Waals surface area contributed by atoms with Crippen LogP contribution in [0.2, 0.25) is 5.02 Å². The Morgan fingerprint density at radius 1 is 1.40 bits per heavy atom. The van der Waals surface area contributed by atoms with Crippen LogP contribution < -0.4 is 5.32 Å². The van der Waals surface area contributed by atoms with Crippen molar-refractivity contribution in [3.05, 3.63) is 41.0 Å². The summed E-state index contributed by atoms with van der Waals surface area (Å²) in [7, 11) is 0. The predicted octanol–water partition coefficient (Wildman–Crippen LogP) is 2.32. The predicted molar refractivity (Wildman–Crippen MR) is 80.1 cm³/mol. The molecule has 20 heavy (non-hydrogen) atoms. The first kappa shape index (κ1) is 13.3. The number of halogens is 1. The highest BCUT2D eigenvalue weighted by molar-refractivity contribution is 6.31. The second-order valence-corrected chi connectivity index (χ2v) is 5.58. The number of pyridine rings is 1. The van der Waals surface area contributed by atoms with E-state index in [4.69, 9.17) is 11.6 Å². The third-order valence-corrected chi connectivity index (χ3v) is 3.76. The molecule has 1 aliphatic heterocycles. The van der Waals surface area contributed by atoms with E-state index in [1.807, 2.05) is 23.1 Å². The monoisotopic (exact) mass is 289 g/mol. The number of rotatable bonds is 1. The van der Waals surface area contributed by atoms with Crippen LogP contribution in [0.3, 0.4) is 0 Å². The highest BCUT2D eigenvalue weighted by Gasteiger charge is 2.22. The van der Waals surface area contributed by atoms with Crippen LogP contribution >= 0.6 is 11.6 Å². The number of hydrogen-bond acceptors (Lipinski definition) is 3. The van der Waals surface area contributed by atoms with E-state index in [0.29, 0.717) is 23.3 Å². The Morgan fingerprint density at radius 3 is 3.00 bits per heavy atom. The third-order valence-electron chi connectivity index (χ3n) is 3.53. The highest BCUT2D eigenvalue weighted by atomic mass is 35.5. The molecule has 1 atom stereocenters. The van der Waals surface area contributed by atoms with E-state index in [-0.39, 0.29) is 5.91 Å². The number of hydrogen-bond donors (Lipinski definition) is 1. The molecule has 1 N–H and O–H groups in total. The van der Waals surface area contributed by atoms with E-state index in [9.17, 15) is 4.79 Å². The highest BCUT2D eigenvalue weighted by Crippen LogP contribution is 2.18. The van der Waals surface area contributed by atoms with Gasteiger partial charge in [0.1, 0.15) is 5.69 Å². The molecule has 2 aromatic rings. The topological polar surface area (TPSA) is 45.2 Å². The maximum Gasteiger partial charge on any atom is 0.272 e. The van der Waals surface area contributed by atoms with Gasteiger partial charge in [0.25, 0.3) is 5.91 Å². The van der Waals surface area contributed by atoms with Crippen molar-refractivity contribution in [3.8, 4) is 0 Å². The van der Waals surface area contributed by atoms with E-state index in [1.165, 1.54) is 0 Å². The fourth-order valence-electron chi connectivity index (χ4n) is 2.49. The molecule has 5 heteroatoms. The van der Waals surface area contributed by atoms with Crippen LogP contribution in [0, 0.1) is 0 Å². The van der Waals surface area contributed by atoms with Crippen molar-refractivity contribution in [2.75, 3.05) is 19.6 Å². The summed E-state index contributed by atoms with van der Waals surface area (Å²) in [4.78, 5) is 18.8. The second-order valence-electron chi connectivity index (χ2n) is 5.14. The summed E-state index contributed by atoms with van der Waals surface area (Å²) < 4.78 is 0. The van der Waals surface area contributed by atoms with E-state index in [0.717, 1.165) is 24.0 Å². The maximum absolute atomic E-state index is 12.5. The molecule has 4 nitrogen and oxygen atoms in total. The van der Waals surface area contributed by atoms with Gasteiger partial charge in [-0.25, -0.2) is 4.98 Å². The molecule has 1 aliphatic rings. The fourth-order valence-corrected chi connectivity index (χ4v) is 2.65. The summed E-state index contributed by atoms with van der Waals surface area (Å²) in [5, 5.41) is 4.94. The van der Waals surface area contributed by atoms with Crippen molar-refractivity contribution >= 4 is 28.4 Å². The smallest absolute Gasteiger partial charge is 0.272 e. The van der Waals surface area contributed by atoms with Gasteiger partial charge < -0.3 is 10.2 Å². The molecule has 0 aliphatic carbocycles. The molecule has 3 rings (SSSR count). The molecule has 0 radical (unpaired) electrons. The first-order valence-electron chi connectivity index (χ1n) is 6.72. The largest absolute Gasteiger partial charge is 0.334 e. The average Bonchev–Trinajstić information content (AvgIpc) is 2.45. The molecule has 0 bridgehead atoms. The lowest BCUT2D eigenvalue weighted by atomic mass is 10.1. The van der Waals surface area contributed by atoms with E-state index >= 15 is 0 Å². The van der Waals surface area contributed by atoms with Crippen LogP contribution in [-0.2, 0) is 0 Å². The molecule has 2 heterocycles. The van der Waals surface area contributed by atoms with Gasteiger partial charge in [0.2, 0.25) is 0 Å². The molecule has 104 valence electrons. The number of aromatic nitrogens is 1. The van der Waals surface area contributed by atoms with Crippen molar-refractivity contribution in [3.63, 3.8) is 0 Å². The zero-order valence-electron chi connectivity index (χ0n) is 11.3. The van der Waals surface area contributed by atoms with Crippen LogP contribution in [0.25, 0.3) is 10.9 Å². The molecule has 1 saturated heterocycles. The van der Waals surface area contributed by atoms with Gasteiger partial charge in [0, 0.05) is 36.1 Å². The molecule has 1 aromatic carbocycles. The number of benzene rings is 1. The van der Waals surface area contributed by atoms with Crippen LogP contribution in [0.4, 0.5) is 0 Å². The molecular formula is C15H16ClN3O. The zero-order valence-corrected chi connectivity index (χ0v) is 12.0. The van der Waals surface area contributed by atoms with Gasteiger partial charge >= 0.3 is 0 Å². The summed E-state index contributed by atoms with van der Waals surface area (Å²) in [6.45, 7) is 4.34. The van der Waals surface area contributed by atoms with Crippen molar-refractivity contribution in [1.29, 1.82) is 0 Å². The Labute approximate surface area is 122 Å². The fraction of sp³-hybridized carbons (Fsp3) is 0.333. The van der Waals surface area contributed by atoms with Gasteiger partial charge in [-0.15, -0.1) is 0 Å². The average molecular weight is 290 g/mol. The normalized spacial score (nSPS) is 19.3. The minimum Gasteiger partial charge on any atom is -0.334 e. The summed E-state index contributed by atoms with van der Waals surface area (Å²) in [6, 6.07) is 9.54. The van der Waals surface area contributed by atoms with Crippen molar-refractivity contribution in [2.45, 2.75) is 13.0 Å². The van der Waals surface area contributed by atoms with E-state index < -0.39 is 0 Å². The number of piperazine rings is 1. The van der Waals surface area contributed by atoms with Gasteiger partial charge in [0.05, 0.1) is 5.52 Å². The molecule has 1 aromatic heterocycles. The Hall–Kier alpha value is -1.65. The molecule has 0 spiro atoms. The molecule has 1 fully saturated rings. The van der Waals surface area contributed by atoms with E-state index in [1.54, 1.807) is 12.1 Å². The van der Waals surface area contributed by atoms with Crippen LogP contribution in [0.1, 0.15) is 17.4 Å². The second kappa shape index (κ2) is 5.38. The quantitative estimate of drug-likeness (QED) is 0.876. The number of fused-ring (bicyclic) bond motifs is 1. The Kier molecular flexibility index (Phi) is 3.59. The third kappa shape index (κ3) is 2.62. The van der Waals surface area contributed by atoms with Crippen molar-refractivity contribution in [1.82, 2.24) is 15.2 Å². The molecular weight excluding hydrogens is 274 g/mol. The minimum absolute atomic E-state index is 0.0137. The molecule has 1 amide bonds. The van der Waals surface area contributed by atoms with E-state index in [2.05, 4.69) is 17.2 Å². The standard InChI is InChI=1S/C15H16ClN3O/c1-10-9-19(7-6-17-10)15(20)13-5-3-11-2-4-12(16)8-14(11)18-13/h2-5,8,10,17H,6-7,9H2,1H3/t10-/m0/s1. The number of nitrogens with zero attached hydrogens (tertiary/aromatic N) is 2. The van der Waals surface area contributed by atoms with Gasteiger partial charge in [0.15, 0.2) is 0 Å². The number of nitrogens with one attached hydrogen (secondary N) is 1. The summed E-state index contributed by atoms with van der Waals surface area (Å²) in [5.41, 5.74) is 1.24. The first-order chi connectivity index (χ1) is 9.63. The summed E-state index contributed by atoms with van der Waals surface area (Å²) in [5.74, 6) is -0.0137.